The molecule has 33 heavy (non-hydrogen) atoms. The molecule has 0 spiro atoms. The number of nitrogens with zero attached hydrogens (tertiary/aromatic N) is 1. The molecule has 0 aliphatic carbocycles. The molecule has 3 aromatic carbocycles. The molecule has 0 radical (unpaired) electrons. The van der Waals surface area contributed by atoms with Gasteiger partial charge in [-0.2, -0.15) is 5.26 Å². The van der Waals surface area contributed by atoms with Gasteiger partial charge in [0.2, 0.25) is 0 Å². The van der Waals surface area contributed by atoms with Crippen LogP contribution in [0, 0.1) is 24.1 Å². The van der Waals surface area contributed by atoms with Crippen LogP contribution in [-0.2, 0) is 11.4 Å². The number of aryl methyl sites for hydroxylation is 1. The molecule has 0 fully saturated rings. The zero-order valence-electron chi connectivity index (χ0n) is 18.2. The number of ether oxygens (including phenoxy) is 2. The van der Waals surface area contributed by atoms with E-state index in [0.29, 0.717) is 33.8 Å². The Hall–Kier alpha value is -3.63. The van der Waals surface area contributed by atoms with Crippen LogP contribution >= 0.6 is 15.9 Å². The Balaban J connectivity index is 1.84. The Morgan fingerprint density at radius 1 is 1.15 bits per heavy atom. The fourth-order valence-electron chi connectivity index (χ4n) is 3.05. The van der Waals surface area contributed by atoms with Crippen molar-refractivity contribution in [2.45, 2.75) is 20.5 Å². The fourth-order valence-corrected chi connectivity index (χ4v) is 3.62. The van der Waals surface area contributed by atoms with E-state index in [1.54, 1.807) is 30.3 Å². The Morgan fingerprint density at radius 2 is 1.91 bits per heavy atom. The second kappa shape index (κ2) is 11.3. The van der Waals surface area contributed by atoms with E-state index in [0.717, 1.165) is 11.1 Å². The van der Waals surface area contributed by atoms with E-state index in [2.05, 4.69) is 21.2 Å². The summed E-state index contributed by atoms with van der Waals surface area (Å²) in [5.41, 5.74) is 2.95. The Labute approximate surface area is 200 Å². The first kappa shape index (κ1) is 24.0. The summed E-state index contributed by atoms with van der Waals surface area (Å²) in [4.78, 5) is 12.6. The minimum absolute atomic E-state index is 0.0502. The molecule has 0 saturated carbocycles. The number of carbonyl (C=O) groups is 1. The number of halogens is 2. The summed E-state index contributed by atoms with van der Waals surface area (Å²) in [5, 5.41) is 12.3. The van der Waals surface area contributed by atoms with Crippen LogP contribution in [0.2, 0.25) is 0 Å². The van der Waals surface area contributed by atoms with Gasteiger partial charge in [-0.15, -0.1) is 0 Å². The van der Waals surface area contributed by atoms with E-state index in [1.165, 1.54) is 18.2 Å². The summed E-state index contributed by atoms with van der Waals surface area (Å²) in [5.74, 6) is 0.109. The minimum Gasteiger partial charge on any atom is -0.490 e. The highest BCUT2D eigenvalue weighted by Crippen LogP contribution is 2.38. The zero-order chi connectivity index (χ0) is 23.8. The van der Waals surface area contributed by atoms with Gasteiger partial charge in [0.1, 0.15) is 24.1 Å². The van der Waals surface area contributed by atoms with Gasteiger partial charge in [0.15, 0.2) is 11.5 Å². The van der Waals surface area contributed by atoms with Crippen LogP contribution in [0.5, 0.6) is 11.5 Å². The molecule has 0 bridgehead atoms. The Morgan fingerprint density at radius 3 is 2.58 bits per heavy atom. The highest BCUT2D eigenvalue weighted by atomic mass is 79.9. The van der Waals surface area contributed by atoms with Crippen molar-refractivity contribution in [1.29, 1.82) is 5.26 Å². The predicted molar refractivity (Wildman–Crippen MR) is 129 cm³/mol. The molecule has 1 N–H and O–H groups in total. The van der Waals surface area contributed by atoms with Gasteiger partial charge in [0.25, 0.3) is 5.91 Å². The van der Waals surface area contributed by atoms with Crippen LogP contribution in [-0.4, -0.2) is 12.5 Å². The van der Waals surface area contributed by atoms with Crippen LogP contribution in [0.25, 0.3) is 6.08 Å². The molecule has 168 valence electrons. The van der Waals surface area contributed by atoms with Crippen molar-refractivity contribution in [1.82, 2.24) is 0 Å². The van der Waals surface area contributed by atoms with Gasteiger partial charge in [-0.3, -0.25) is 4.79 Å². The summed E-state index contributed by atoms with van der Waals surface area (Å²) in [6.45, 7) is 4.38. The maximum absolute atomic E-state index is 13.1. The number of hydrogen-bond acceptors (Lipinski definition) is 4. The molecule has 1 amide bonds. The van der Waals surface area contributed by atoms with Crippen LogP contribution < -0.4 is 14.8 Å². The minimum atomic E-state index is -0.506. The van der Waals surface area contributed by atoms with Gasteiger partial charge in [0, 0.05) is 5.69 Å². The highest BCUT2D eigenvalue weighted by Gasteiger charge is 2.15. The van der Waals surface area contributed by atoms with Crippen molar-refractivity contribution >= 4 is 33.6 Å². The largest absolute Gasteiger partial charge is 0.490 e. The number of anilines is 1. The van der Waals surface area contributed by atoms with E-state index in [1.807, 2.05) is 38.1 Å². The third kappa shape index (κ3) is 6.67. The van der Waals surface area contributed by atoms with Crippen molar-refractivity contribution in [2.75, 3.05) is 11.9 Å². The predicted octanol–water partition coefficient (Wildman–Crippen LogP) is 6.42. The van der Waals surface area contributed by atoms with Crippen LogP contribution in [0.1, 0.15) is 23.6 Å². The lowest BCUT2D eigenvalue weighted by Gasteiger charge is -2.15. The summed E-state index contributed by atoms with van der Waals surface area (Å²) < 4.78 is 25.4. The van der Waals surface area contributed by atoms with Crippen molar-refractivity contribution in [2.24, 2.45) is 0 Å². The molecule has 7 heteroatoms. The van der Waals surface area contributed by atoms with E-state index < -0.39 is 5.91 Å². The van der Waals surface area contributed by atoms with Gasteiger partial charge in [-0.1, -0.05) is 24.3 Å². The maximum atomic E-state index is 13.1. The highest BCUT2D eigenvalue weighted by molar-refractivity contribution is 9.10. The molecule has 0 saturated heterocycles. The first-order valence-corrected chi connectivity index (χ1v) is 11.0. The molecule has 5 nitrogen and oxygen atoms in total. The van der Waals surface area contributed by atoms with Crippen molar-refractivity contribution in [3.05, 3.63) is 93.2 Å². The van der Waals surface area contributed by atoms with Gasteiger partial charge in [-0.25, -0.2) is 4.39 Å². The summed E-state index contributed by atoms with van der Waals surface area (Å²) >= 11 is 3.49. The number of hydrogen-bond donors (Lipinski definition) is 1. The SMILES string of the molecule is CCOc1cc(/C=C(/C#N)C(=O)Nc2cccc(C)c2)cc(Br)c1OCc1ccc(F)cc1. The van der Waals surface area contributed by atoms with Crippen LogP contribution in [0.4, 0.5) is 10.1 Å². The van der Waals surface area contributed by atoms with E-state index in [9.17, 15) is 14.4 Å². The summed E-state index contributed by atoms with van der Waals surface area (Å²) in [6.07, 6.45) is 1.49. The number of nitrogens with one attached hydrogen (secondary N) is 1. The number of benzene rings is 3. The lowest BCUT2D eigenvalue weighted by atomic mass is 10.1. The van der Waals surface area contributed by atoms with Gasteiger partial charge >= 0.3 is 0 Å². The average molecular weight is 509 g/mol. The quantitative estimate of drug-likeness (QED) is 0.281. The topological polar surface area (TPSA) is 71.3 Å². The maximum Gasteiger partial charge on any atom is 0.266 e. The molecule has 3 rings (SSSR count). The van der Waals surface area contributed by atoms with Gasteiger partial charge in [-0.05, 0) is 88.9 Å². The number of amides is 1. The zero-order valence-corrected chi connectivity index (χ0v) is 19.8. The number of nitriles is 1. The molecule has 0 heterocycles. The van der Waals surface area contributed by atoms with Gasteiger partial charge < -0.3 is 14.8 Å². The Bertz CT molecular complexity index is 1220. The van der Waals surface area contributed by atoms with Crippen LogP contribution in [0.3, 0.4) is 0 Å². The standard InChI is InChI=1S/C26H22BrFN2O3/c1-3-32-24-14-19(12-20(15-29)26(31)30-22-6-4-5-17(2)11-22)13-23(27)25(24)33-16-18-7-9-21(28)10-8-18/h4-14H,3,16H2,1-2H3,(H,30,31)/b20-12-. The molecule has 0 aliphatic heterocycles. The van der Waals surface area contributed by atoms with Crippen molar-refractivity contribution in [3.63, 3.8) is 0 Å². The average Bonchev–Trinajstić information content (AvgIpc) is 2.78. The van der Waals surface area contributed by atoms with Gasteiger partial charge in [0.05, 0.1) is 11.1 Å². The number of rotatable bonds is 8. The third-order valence-corrected chi connectivity index (χ3v) is 5.17. The fraction of sp³-hybridized carbons (Fsp3) is 0.154. The molecular weight excluding hydrogens is 487 g/mol. The lowest BCUT2D eigenvalue weighted by Crippen LogP contribution is -2.13. The Kier molecular flexibility index (Phi) is 8.22. The first-order valence-electron chi connectivity index (χ1n) is 10.2. The molecule has 0 atom stereocenters. The van der Waals surface area contributed by atoms with E-state index in [-0.39, 0.29) is 18.0 Å². The smallest absolute Gasteiger partial charge is 0.266 e. The van der Waals surface area contributed by atoms with E-state index in [4.69, 9.17) is 9.47 Å². The molecular formula is C26H22BrFN2O3. The monoisotopic (exact) mass is 508 g/mol. The van der Waals surface area contributed by atoms with Crippen molar-refractivity contribution in [3.8, 4) is 17.6 Å². The normalized spacial score (nSPS) is 10.9. The molecule has 0 aliphatic rings. The third-order valence-electron chi connectivity index (χ3n) is 4.58. The van der Waals surface area contributed by atoms with Crippen molar-refractivity contribution < 1.29 is 18.7 Å². The first-order chi connectivity index (χ1) is 15.9. The second-order valence-corrected chi connectivity index (χ2v) is 8.03. The van der Waals surface area contributed by atoms with Crippen LogP contribution in [0.15, 0.2) is 70.7 Å². The molecule has 0 aromatic heterocycles. The molecule has 3 aromatic rings. The molecule has 0 unspecified atom stereocenters. The summed E-state index contributed by atoms with van der Waals surface area (Å²) in [7, 11) is 0. The second-order valence-electron chi connectivity index (χ2n) is 7.17. The van der Waals surface area contributed by atoms with E-state index >= 15 is 0 Å². The lowest BCUT2D eigenvalue weighted by molar-refractivity contribution is -0.112. The summed E-state index contributed by atoms with van der Waals surface area (Å²) in [6, 6.07) is 18.8. The number of carbonyl (C=O) groups excluding carboxylic acids is 1.